The molecule has 12 heteroatoms. The minimum Gasteiger partial charge on any atom is -0.384 e. The molecule has 0 radical (unpaired) electrons. The summed E-state index contributed by atoms with van der Waals surface area (Å²) in [5.74, 6) is -0.215. The molecule has 0 spiro atoms. The van der Waals surface area contributed by atoms with Gasteiger partial charge in [0, 0.05) is 43.5 Å². The summed E-state index contributed by atoms with van der Waals surface area (Å²) in [6.07, 6.45) is 3.76. The number of hydrogen-bond acceptors (Lipinski definition) is 6. The van der Waals surface area contributed by atoms with E-state index in [0.717, 1.165) is 22.9 Å². The average molecular weight is 607 g/mol. The molecule has 204 valence electrons. The molecule has 10 nitrogen and oxygen atoms in total. The van der Waals surface area contributed by atoms with E-state index in [1.165, 1.54) is 17.7 Å². The lowest BCUT2D eigenvalue weighted by Gasteiger charge is -2.25. The lowest BCUT2D eigenvalue weighted by atomic mass is 10.0. The number of amides is 2. The van der Waals surface area contributed by atoms with Crippen molar-refractivity contribution in [1.82, 2.24) is 20.4 Å². The Balaban J connectivity index is 1.74. The van der Waals surface area contributed by atoms with Gasteiger partial charge >= 0.3 is 0 Å². The number of fused-ring (bicyclic) bond motifs is 1. The first-order valence-corrected chi connectivity index (χ1v) is 15.1. The number of rotatable bonds is 12. The second-order valence-corrected chi connectivity index (χ2v) is 12.1. The molecule has 1 aliphatic carbocycles. The van der Waals surface area contributed by atoms with Gasteiger partial charge in [-0.2, -0.15) is 5.10 Å². The van der Waals surface area contributed by atoms with Gasteiger partial charge in [0.15, 0.2) is 0 Å². The van der Waals surface area contributed by atoms with Crippen LogP contribution in [0.5, 0.6) is 0 Å². The molecule has 1 heterocycles. The zero-order valence-corrected chi connectivity index (χ0v) is 24.1. The first-order chi connectivity index (χ1) is 18.1. The monoisotopic (exact) mass is 605 g/mol. The highest BCUT2D eigenvalue weighted by molar-refractivity contribution is 9.10. The number of anilines is 1. The van der Waals surface area contributed by atoms with Crippen molar-refractivity contribution >= 4 is 54.4 Å². The Hall–Kier alpha value is -2.96. The van der Waals surface area contributed by atoms with Crippen LogP contribution in [0.4, 0.5) is 5.69 Å². The predicted molar refractivity (Wildman–Crippen MR) is 150 cm³/mol. The second kappa shape index (κ2) is 11.8. The molecule has 1 saturated carbocycles. The number of carbonyl (C=O) groups is 2. The van der Waals surface area contributed by atoms with Crippen molar-refractivity contribution in [2.45, 2.75) is 31.6 Å². The van der Waals surface area contributed by atoms with Gasteiger partial charge in [-0.1, -0.05) is 15.9 Å². The minimum atomic E-state index is -3.63. The number of aromatic nitrogens is 2. The van der Waals surface area contributed by atoms with E-state index in [-0.39, 0.29) is 30.7 Å². The number of carbonyl (C=O) groups excluding carboxylic acids is 2. The van der Waals surface area contributed by atoms with Crippen molar-refractivity contribution < 1.29 is 22.7 Å². The third-order valence-electron chi connectivity index (χ3n) is 6.41. The Morgan fingerprint density at radius 3 is 2.53 bits per heavy atom. The van der Waals surface area contributed by atoms with Crippen LogP contribution in [0.3, 0.4) is 0 Å². The maximum atomic E-state index is 13.0. The van der Waals surface area contributed by atoms with Crippen molar-refractivity contribution in [3.63, 3.8) is 0 Å². The van der Waals surface area contributed by atoms with Crippen molar-refractivity contribution in [3.8, 4) is 5.69 Å². The van der Waals surface area contributed by atoms with Crippen molar-refractivity contribution in [2.75, 3.05) is 44.4 Å². The molecule has 0 saturated heterocycles. The van der Waals surface area contributed by atoms with Gasteiger partial charge in [-0.3, -0.25) is 13.9 Å². The maximum Gasteiger partial charge on any atom is 0.270 e. The summed E-state index contributed by atoms with van der Waals surface area (Å²) in [6.45, 7) is 0.871. The van der Waals surface area contributed by atoms with Gasteiger partial charge in [0.1, 0.15) is 5.69 Å². The molecule has 1 fully saturated rings. The van der Waals surface area contributed by atoms with Crippen LogP contribution in [0.2, 0.25) is 0 Å². The van der Waals surface area contributed by atoms with Gasteiger partial charge in [0.2, 0.25) is 15.9 Å². The fourth-order valence-corrected chi connectivity index (χ4v) is 5.62. The van der Waals surface area contributed by atoms with E-state index in [4.69, 9.17) is 9.84 Å². The zero-order valence-electron chi connectivity index (χ0n) is 21.7. The lowest BCUT2D eigenvalue weighted by Crippen LogP contribution is -2.34. The van der Waals surface area contributed by atoms with Crippen LogP contribution in [-0.2, 0) is 19.6 Å². The fourth-order valence-electron chi connectivity index (χ4n) is 4.38. The van der Waals surface area contributed by atoms with Crippen LogP contribution in [0.1, 0.15) is 47.7 Å². The number of hydrogen-bond donors (Lipinski definition) is 2. The molecule has 2 aromatic carbocycles. The van der Waals surface area contributed by atoms with Crippen molar-refractivity contribution in [1.29, 1.82) is 0 Å². The van der Waals surface area contributed by atoms with E-state index < -0.39 is 10.0 Å². The van der Waals surface area contributed by atoms with Gasteiger partial charge < -0.3 is 15.4 Å². The quantitative estimate of drug-likeness (QED) is 0.305. The summed E-state index contributed by atoms with van der Waals surface area (Å²) >= 11 is 3.43. The van der Waals surface area contributed by atoms with Crippen LogP contribution >= 0.6 is 15.9 Å². The standard InChI is InChI=1S/C26H32BrN5O5S/c1-28-26(34)25-21-15-20(17-5-6-17)23(16-22(21)30-32(25)19-9-7-18(27)8-10-19)31(38(3,35)36)13-4-12-29-24(33)11-14-37-2/h7-10,15-17H,4-6,11-14H2,1-3H3,(H,28,34)(H,29,33). The normalized spacial score (nSPS) is 13.5. The molecule has 2 N–H and O–H groups in total. The highest BCUT2D eigenvalue weighted by Crippen LogP contribution is 2.46. The summed E-state index contributed by atoms with van der Waals surface area (Å²) in [5, 5.41) is 10.9. The van der Waals surface area contributed by atoms with E-state index in [9.17, 15) is 18.0 Å². The van der Waals surface area contributed by atoms with Gasteiger partial charge in [0.05, 0.1) is 29.8 Å². The van der Waals surface area contributed by atoms with Crippen LogP contribution in [0.25, 0.3) is 16.6 Å². The first kappa shape index (κ1) is 28.1. The molecular weight excluding hydrogens is 574 g/mol. The molecule has 1 aliphatic rings. The number of ether oxygens (including phenoxy) is 1. The Kier molecular flexibility index (Phi) is 8.74. The molecule has 0 unspecified atom stereocenters. The summed E-state index contributed by atoms with van der Waals surface area (Å²) < 4.78 is 34.7. The van der Waals surface area contributed by atoms with Crippen molar-refractivity contribution in [2.24, 2.45) is 0 Å². The Labute approximate surface area is 230 Å². The second-order valence-electron chi connectivity index (χ2n) is 9.30. The largest absolute Gasteiger partial charge is 0.384 e. The van der Waals surface area contributed by atoms with Gasteiger partial charge in [-0.05, 0) is 67.1 Å². The van der Waals surface area contributed by atoms with E-state index in [1.54, 1.807) is 17.8 Å². The van der Waals surface area contributed by atoms with Crippen LogP contribution in [0.15, 0.2) is 40.9 Å². The van der Waals surface area contributed by atoms with E-state index in [2.05, 4.69) is 26.6 Å². The predicted octanol–water partition coefficient (Wildman–Crippen LogP) is 3.33. The summed E-state index contributed by atoms with van der Waals surface area (Å²) in [7, 11) is -0.524. The summed E-state index contributed by atoms with van der Waals surface area (Å²) in [4.78, 5) is 24.9. The van der Waals surface area contributed by atoms with Crippen LogP contribution < -0.4 is 14.9 Å². The number of nitrogens with zero attached hydrogens (tertiary/aromatic N) is 3. The topological polar surface area (TPSA) is 123 Å². The summed E-state index contributed by atoms with van der Waals surface area (Å²) in [6, 6.07) is 11.1. The fraction of sp³-hybridized carbons (Fsp3) is 0.423. The molecule has 2 amide bonds. The highest BCUT2D eigenvalue weighted by atomic mass is 79.9. The van der Waals surface area contributed by atoms with Gasteiger partial charge in [0.25, 0.3) is 5.91 Å². The Morgan fingerprint density at radius 2 is 1.92 bits per heavy atom. The first-order valence-electron chi connectivity index (χ1n) is 12.4. The van der Waals surface area contributed by atoms with E-state index in [0.29, 0.717) is 47.5 Å². The molecule has 4 rings (SSSR count). The van der Waals surface area contributed by atoms with Crippen LogP contribution in [-0.4, -0.2) is 70.1 Å². The number of nitrogens with one attached hydrogen (secondary N) is 2. The average Bonchev–Trinajstić information content (AvgIpc) is 3.66. The molecule has 1 aromatic heterocycles. The van der Waals surface area contributed by atoms with Crippen molar-refractivity contribution in [3.05, 3.63) is 52.1 Å². The lowest BCUT2D eigenvalue weighted by molar-refractivity contribution is -0.121. The molecule has 3 aromatic rings. The number of methoxy groups -OCH3 is 1. The smallest absolute Gasteiger partial charge is 0.270 e. The number of halogens is 1. The SMILES string of the molecule is CNC(=O)c1c2cc(C3CC3)c(N(CCCNC(=O)CCOC)S(C)(=O)=O)cc2nn1-c1ccc(Br)cc1. The zero-order chi connectivity index (χ0) is 27.4. The third kappa shape index (κ3) is 6.36. The number of benzene rings is 2. The van der Waals surface area contributed by atoms with E-state index in [1.807, 2.05) is 30.3 Å². The summed E-state index contributed by atoms with van der Waals surface area (Å²) in [5.41, 5.74) is 3.07. The van der Waals surface area contributed by atoms with Gasteiger partial charge in [-0.15, -0.1) is 0 Å². The molecule has 38 heavy (non-hydrogen) atoms. The maximum absolute atomic E-state index is 13.0. The molecular formula is C26H32BrN5O5S. The Bertz CT molecular complexity index is 1430. The van der Waals surface area contributed by atoms with Crippen LogP contribution in [0, 0.1) is 0 Å². The third-order valence-corrected chi connectivity index (χ3v) is 8.12. The Morgan fingerprint density at radius 1 is 1.21 bits per heavy atom. The molecule has 0 aliphatic heterocycles. The molecule has 0 bridgehead atoms. The van der Waals surface area contributed by atoms with Gasteiger partial charge in [-0.25, -0.2) is 13.1 Å². The highest BCUT2D eigenvalue weighted by Gasteiger charge is 2.32. The van der Waals surface area contributed by atoms with E-state index >= 15 is 0 Å². The number of sulfonamides is 1. The molecule has 0 atom stereocenters. The minimum absolute atomic E-state index is 0.141.